The van der Waals surface area contributed by atoms with E-state index in [0.717, 1.165) is 9.13 Å². The van der Waals surface area contributed by atoms with Gasteiger partial charge in [0.25, 0.3) is 0 Å². The summed E-state index contributed by atoms with van der Waals surface area (Å²) in [7, 11) is 0. The molecule has 70 valence electrons. The zero-order chi connectivity index (χ0) is 9.84. The summed E-state index contributed by atoms with van der Waals surface area (Å²) in [6.45, 7) is -0.0972. The van der Waals surface area contributed by atoms with E-state index < -0.39 is 0 Å². The van der Waals surface area contributed by atoms with Crippen LogP contribution in [0.4, 0.5) is 0 Å². The highest BCUT2D eigenvalue weighted by atomic mass is 127. The number of phenolic OH excluding ortho intramolecular Hbond substituents is 1. The lowest BCUT2D eigenvalue weighted by atomic mass is 10.1. The molecule has 0 fully saturated rings. The molecule has 13 heavy (non-hydrogen) atoms. The molecule has 0 unspecified atom stereocenters. The smallest absolute Gasteiger partial charge is 0.207 e. The monoisotopic (exact) mass is 293 g/mol. The summed E-state index contributed by atoms with van der Waals surface area (Å²) in [6, 6.07) is 5.08. The number of nitrogens with zero attached hydrogens (tertiary/aromatic N) is 1. The Bertz CT molecular complexity index is 327. The molecule has 0 spiro atoms. The van der Waals surface area contributed by atoms with Gasteiger partial charge in [0.2, 0.25) is 6.54 Å². The largest absolute Gasteiger partial charge is 0.507 e. The minimum absolute atomic E-state index is 0.0972. The number of rotatable bonds is 3. The van der Waals surface area contributed by atoms with Crippen LogP contribution in [0.15, 0.2) is 18.2 Å². The van der Waals surface area contributed by atoms with Crippen LogP contribution in [0.2, 0.25) is 0 Å². The number of hydrogen-bond acceptors (Lipinski definition) is 3. The second-order valence-electron chi connectivity index (χ2n) is 2.59. The van der Waals surface area contributed by atoms with E-state index in [4.69, 9.17) is 0 Å². The molecule has 0 heterocycles. The molecule has 5 heteroatoms. The minimum atomic E-state index is -0.366. The van der Waals surface area contributed by atoms with Crippen LogP contribution in [0.5, 0.6) is 5.75 Å². The Hall–Kier alpha value is -0.850. The summed E-state index contributed by atoms with van der Waals surface area (Å²) in [5.41, 5.74) is 0.787. The number of benzene rings is 1. The molecule has 0 radical (unpaired) electrons. The molecule has 0 amide bonds. The first-order chi connectivity index (χ1) is 6.09. The van der Waals surface area contributed by atoms with Crippen LogP contribution in [0.1, 0.15) is 5.56 Å². The number of hydrogen-bond donors (Lipinski definition) is 1. The minimum Gasteiger partial charge on any atom is -0.507 e. The lowest BCUT2D eigenvalue weighted by Gasteiger charge is -2.00. The summed E-state index contributed by atoms with van der Waals surface area (Å²) in [4.78, 5) is 9.70. The molecule has 1 aromatic rings. The number of aromatic hydroxyl groups is 1. The highest BCUT2D eigenvalue weighted by Crippen LogP contribution is 2.20. The van der Waals surface area contributed by atoms with Crippen molar-refractivity contribution in [1.82, 2.24) is 0 Å². The van der Waals surface area contributed by atoms with Gasteiger partial charge >= 0.3 is 0 Å². The van der Waals surface area contributed by atoms with Gasteiger partial charge in [-0.25, -0.2) is 0 Å². The standard InChI is InChI=1S/C8H8INO3/c9-7-2-1-6(5-8(7)11)3-4-10(12)13/h1-2,5,11H,3-4H2. The molecule has 0 atom stereocenters. The molecular formula is C8H8INO3. The fourth-order valence-corrected chi connectivity index (χ4v) is 1.27. The maximum Gasteiger partial charge on any atom is 0.207 e. The first-order valence-corrected chi connectivity index (χ1v) is 4.76. The second-order valence-corrected chi connectivity index (χ2v) is 3.75. The second kappa shape index (κ2) is 4.40. The average Bonchev–Trinajstić information content (AvgIpc) is 2.07. The fourth-order valence-electron chi connectivity index (χ4n) is 0.934. The number of nitro groups is 1. The Labute approximate surface area is 88.9 Å². The van der Waals surface area contributed by atoms with E-state index >= 15 is 0 Å². The third-order valence-corrected chi connectivity index (χ3v) is 2.51. The molecular weight excluding hydrogens is 285 g/mol. The van der Waals surface area contributed by atoms with E-state index in [1.165, 1.54) is 0 Å². The Morgan fingerprint density at radius 3 is 2.77 bits per heavy atom. The number of halogens is 1. The van der Waals surface area contributed by atoms with Crippen LogP contribution in [-0.4, -0.2) is 16.6 Å². The van der Waals surface area contributed by atoms with Crippen molar-refractivity contribution < 1.29 is 10.0 Å². The summed E-state index contributed by atoms with van der Waals surface area (Å²) in [5, 5.41) is 19.4. The zero-order valence-corrected chi connectivity index (χ0v) is 8.89. The fraction of sp³-hybridized carbons (Fsp3) is 0.250. The van der Waals surface area contributed by atoms with Crippen molar-refractivity contribution >= 4 is 22.6 Å². The van der Waals surface area contributed by atoms with E-state index in [2.05, 4.69) is 0 Å². The van der Waals surface area contributed by atoms with Gasteiger partial charge in [-0.15, -0.1) is 0 Å². The molecule has 4 nitrogen and oxygen atoms in total. The van der Waals surface area contributed by atoms with Crippen LogP contribution in [0.25, 0.3) is 0 Å². The van der Waals surface area contributed by atoms with Gasteiger partial charge in [0.15, 0.2) is 0 Å². The summed E-state index contributed by atoms with van der Waals surface area (Å²) < 4.78 is 0.752. The van der Waals surface area contributed by atoms with Crippen LogP contribution in [0, 0.1) is 13.7 Å². The normalized spacial score (nSPS) is 9.92. The van der Waals surface area contributed by atoms with Gasteiger partial charge in [0, 0.05) is 11.3 Å². The van der Waals surface area contributed by atoms with Crippen molar-refractivity contribution in [3.63, 3.8) is 0 Å². The SMILES string of the molecule is O=[N+]([O-])CCc1ccc(I)c(O)c1. The Morgan fingerprint density at radius 2 is 2.23 bits per heavy atom. The summed E-state index contributed by atoms with van der Waals surface area (Å²) in [5.74, 6) is 0.182. The molecule has 0 saturated heterocycles. The molecule has 0 aromatic heterocycles. The van der Waals surface area contributed by atoms with Crippen LogP contribution in [-0.2, 0) is 6.42 Å². The van der Waals surface area contributed by atoms with Crippen molar-refractivity contribution in [2.75, 3.05) is 6.54 Å². The topological polar surface area (TPSA) is 63.4 Å². The van der Waals surface area contributed by atoms with Gasteiger partial charge in [-0.05, 0) is 40.3 Å². The first-order valence-electron chi connectivity index (χ1n) is 3.69. The van der Waals surface area contributed by atoms with E-state index in [-0.39, 0.29) is 17.2 Å². The van der Waals surface area contributed by atoms with Crippen LogP contribution in [0.3, 0.4) is 0 Å². The van der Waals surface area contributed by atoms with Gasteiger partial charge in [-0.2, -0.15) is 0 Å². The predicted molar refractivity (Wildman–Crippen MR) is 56.4 cm³/mol. The van der Waals surface area contributed by atoms with Crippen molar-refractivity contribution in [3.05, 3.63) is 37.4 Å². The van der Waals surface area contributed by atoms with Gasteiger partial charge in [-0.1, -0.05) is 6.07 Å². The highest BCUT2D eigenvalue weighted by Gasteiger charge is 2.02. The average molecular weight is 293 g/mol. The van der Waals surface area contributed by atoms with Gasteiger partial charge in [-0.3, -0.25) is 10.1 Å². The Morgan fingerprint density at radius 1 is 1.54 bits per heavy atom. The van der Waals surface area contributed by atoms with Gasteiger partial charge in [0.05, 0.1) is 3.57 Å². The van der Waals surface area contributed by atoms with Crippen molar-refractivity contribution in [1.29, 1.82) is 0 Å². The quantitative estimate of drug-likeness (QED) is 0.525. The molecule has 1 aromatic carbocycles. The molecule has 1 rings (SSSR count). The van der Waals surface area contributed by atoms with E-state index in [1.807, 2.05) is 22.6 Å². The van der Waals surface area contributed by atoms with Crippen LogP contribution >= 0.6 is 22.6 Å². The van der Waals surface area contributed by atoms with Gasteiger partial charge < -0.3 is 5.11 Å². The Kier molecular flexibility index (Phi) is 3.47. The maximum absolute atomic E-state index is 10.1. The summed E-state index contributed by atoms with van der Waals surface area (Å²) >= 11 is 2.00. The summed E-state index contributed by atoms with van der Waals surface area (Å²) in [6.07, 6.45) is 0.359. The first kappa shape index (κ1) is 10.2. The van der Waals surface area contributed by atoms with Gasteiger partial charge in [0.1, 0.15) is 5.75 Å². The predicted octanol–water partition coefficient (Wildman–Crippen LogP) is 1.82. The third kappa shape index (κ3) is 3.17. The van der Waals surface area contributed by atoms with E-state index in [1.54, 1.807) is 18.2 Å². The highest BCUT2D eigenvalue weighted by molar-refractivity contribution is 14.1. The molecule has 0 saturated carbocycles. The lowest BCUT2D eigenvalue weighted by molar-refractivity contribution is -0.479. The molecule has 1 N–H and O–H groups in total. The van der Waals surface area contributed by atoms with Crippen LogP contribution < -0.4 is 0 Å². The van der Waals surface area contributed by atoms with Crippen molar-refractivity contribution in [2.45, 2.75) is 6.42 Å². The van der Waals surface area contributed by atoms with Crippen molar-refractivity contribution in [2.24, 2.45) is 0 Å². The number of phenols is 1. The van der Waals surface area contributed by atoms with Crippen molar-refractivity contribution in [3.8, 4) is 5.75 Å². The maximum atomic E-state index is 10.1. The molecule has 0 aliphatic carbocycles. The molecule has 0 bridgehead atoms. The van der Waals surface area contributed by atoms with E-state index in [9.17, 15) is 15.2 Å². The van der Waals surface area contributed by atoms with E-state index in [0.29, 0.717) is 6.42 Å². The third-order valence-electron chi connectivity index (χ3n) is 1.59. The Balaban J connectivity index is 2.68. The lowest BCUT2D eigenvalue weighted by Crippen LogP contribution is -2.03. The molecule has 0 aliphatic rings. The zero-order valence-electron chi connectivity index (χ0n) is 6.74. The molecule has 0 aliphatic heterocycles.